The fraction of sp³-hybridized carbons (Fsp3) is 0.196. The molecule has 0 N–H and O–H groups in total. The van der Waals surface area contributed by atoms with Gasteiger partial charge in [-0.05, 0) is 58.0 Å². The van der Waals surface area contributed by atoms with E-state index in [9.17, 15) is 0 Å². The van der Waals surface area contributed by atoms with Crippen molar-refractivity contribution in [1.82, 2.24) is 19.5 Å². The molecule has 0 aliphatic rings. The molecule has 6 heteroatoms. The van der Waals surface area contributed by atoms with Crippen LogP contribution in [-0.4, -0.2) is 19.5 Å². The third kappa shape index (κ3) is 7.85. The summed E-state index contributed by atoms with van der Waals surface area (Å²) in [5.41, 5.74) is 13.5. The molecule has 0 aliphatic heterocycles. The van der Waals surface area contributed by atoms with Crippen LogP contribution >= 0.6 is 0 Å². The molecule has 0 amide bonds. The van der Waals surface area contributed by atoms with Crippen molar-refractivity contribution < 1.29 is 24.5 Å². The van der Waals surface area contributed by atoms with Gasteiger partial charge in [-0.3, -0.25) is 9.97 Å². The Balaban J connectivity index is 0.000000219. The fourth-order valence-electron chi connectivity index (χ4n) is 7.35. The quantitative estimate of drug-likeness (QED) is 0.156. The van der Waals surface area contributed by atoms with Crippen molar-refractivity contribution in [2.45, 2.75) is 65.7 Å². The van der Waals surface area contributed by atoms with E-state index in [4.69, 9.17) is 14.4 Å². The fourth-order valence-corrected chi connectivity index (χ4v) is 7.35. The number of benzene rings is 5. The summed E-state index contributed by atoms with van der Waals surface area (Å²) in [6.07, 6.45) is 3.84. The first-order chi connectivity index (χ1) is 27.1. The van der Waals surface area contributed by atoms with Gasteiger partial charge in [-0.1, -0.05) is 132 Å². The summed E-state index contributed by atoms with van der Waals surface area (Å²) in [6.45, 7) is 15.6. The van der Waals surface area contributed by atoms with Gasteiger partial charge in [0, 0.05) is 48.5 Å². The van der Waals surface area contributed by atoms with E-state index in [1.807, 2.05) is 79.1 Å². The van der Waals surface area contributed by atoms with Gasteiger partial charge in [-0.2, -0.15) is 0 Å². The Morgan fingerprint density at radius 3 is 2.09 bits per heavy atom. The van der Waals surface area contributed by atoms with Crippen molar-refractivity contribution in [2.24, 2.45) is 0 Å². The summed E-state index contributed by atoms with van der Waals surface area (Å²) in [5.74, 6) is 1.50. The molecule has 5 nitrogen and oxygen atoms in total. The first-order valence-electron chi connectivity index (χ1n) is 19.4. The zero-order valence-corrected chi connectivity index (χ0v) is 35.9. The summed E-state index contributed by atoms with van der Waals surface area (Å²) in [4.78, 5) is 14.6. The van der Waals surface area contributed by atoms with Gasteiger partial charge in [-0.15, -0.1) is 54.1 Å². The predicted octanol–water partition coefficient (Wildman–Crippen LogP) is 13.5. The summed E-state index contributed by atoms with van der Waals surface area (Å²) in [5, 5.41) is 2.17. The zero-order chi connectivity index (χ0) is 39.0. The van der Waals surface area contributed by atoms with Crippen LogP contribution in [0, 0.1) is 12.1 Å². The number of imidazole rings is 1. The van der Waals surface area contributed by atoms with Crippen molar-refractivity contribution in [3.8, 4) is 39.5 Å². The molecule has 0 saturated carbocycles. The average molecular weight is 923 g/mol. The first-order valence-corrected chi connectivity index (χ1v) is 19.4. The van der Waals surface area contributed by atoms with Crippen LogP contribution in [0.5, 0.6) is 0 Å². The molecule has 0 atom stereocenters. The van der Waals surface area contributed by atoms with Crippen molar-refractivity contribution in [1.29, 1.82) is 0 Å². The molecule has 4 heterocycles. The molecule has 0 saturated heterocycles. The van der Waals surface area contributed by atoms with E-state index in [0.717, 1.165) is 61.3 Å². The number of pyridine rings is 2. The Morgan fingerprint density at radius 2 is 1.39 bits per heavy atom. The first kappa shape index (κ1) is 39.6. The monoisotopic (exact) mass is 923 g/mol. The van der Waals surface area contributed by atoms with Gasteiger partial charge in [0.05, 0.1) is 28.6 Å². The smallest absolute Gasteiger partial charge is 0.120 e. The molecule has 0 unspecified atom stereocenters. The molecule has 287 valence electrons. The molecule has 57 heavy (non-hydrogen) atoms. The molecular formula is C51H46IrN4O-2. The Hall–Kier alpha value is -5.68. The second-order valence-corrected chi connectivity index (χ2v) is 15.9. The Bertz CT molecular complexity index is 2710. The minimum Gasteiger partial charge on any atom is -0.501 e. The van der Waals surface area contributed by atoms with Crippen molar-refractivity contribution in [2.75, 3.05) is 0 Å². The standard InChI is InChI=1S/C34H34N3O.C17H12N.Ir/c1-20(2)22-13-10-14-23(21(3)4)31(22)37-28-19-35-30(34(5,6)7)18-27(28)36-33(37)26-16-11-15-25-24-12-8-9-17-29(24)38-32(25)26;1-3-7-14(8-4-1)16-11-12-18-17(13-16)15-9-5-2-6-10-15;/h8-15,17-21H,1-7H3;1-9,11-13H;/q2*-1;. The summed E-state index contributed by atoms with van der Waals surface area (Å²) < 4.78 is 8.76. The number of para-hydroxylation sites is 2. The predicted molar refractivity (Wildman–Crippen MR) is 231 cm³/mol. The number of furan rings is 1. The molecule has 4 aromatic heterocycles. The van der Waals surface area contributed by atoms with Crippen LogP contribution in [0.25, 0.3) is 72.4 Å². The summed E-state index contributed by atoms with van der Waals surface area (Å²) in [7, 11) is 0. The van der Waals surface area contributed by atoms with Crippen LogP contribution in [0.2, 0.25) is 0 Å². The third-order valence-corrected chi connectivity index (χ3v) is 10.3. The maximum absolute atomic E-state index is 6.46. The minimum atomic E-state index is -0.0814. The van der Waals surface area contributed by atoms with Gasteiger partial charge in [0.2, 0.25) is 0 Å². The molecule has 5 aromatic carbocycles. The van der Waals surface area contributed by atoms with E-state index in [-0.39, 0.29) is 25.5 Å². The van der Waals surface area contributed by atoms with Crippen LogP contribution in [0.1, 0.15) is 77.1 Å². The van der Waals surface area contributed by atoms with Crippen molar-refractivity contribution in [3.63, 3.8) is 0 Å². The molecule has 0 fully saturated rings. The van der Waals surface area contributed by atoms with Gasteiger partial charge < -0.3 is 14.0 Å². The SMILES string of the molecule is CC(C)c1cccc(C(C)C)c1-n1c(-c2[c-]ccc3c2oc2ccccc23)nc2cc(C(C)(C)C)ncc21.[Ir].[c-]1ccccc1-c1cc(-c2ccccc2)ccn1. The van der Waals surface area contributed by atoms with E-state index in [0.29, 0.717) is 11.8 Å². The van der Waals surface area contributed by atoms with Crippen LogP contribution in [-0.2, 0) is 25.5 Å². The van der Waals surface area contributed by atoms with E-state index in [1.54, 1.807) is 0 Å². The minimum absolute atomic E-state index is 0. The molecule has 0 bridgehead atoms. The van der Waals surface area contributed by atoms with E-state index in [1.165, 1.54) is 27.9 Å². The van der Waals surface area contributed by atoms with E-state index >= 15 is 0 Å². The topological polar surface area (TPSA) is 56.7 Å². The largest absolute Gasteiger partial charge is 0.501 e. The number of hydrogen-bond acceptors (Lipinski definition) is 4. The molecule has 0 spiro atoms. The zero-order valence-electron chi connectivity index (χ0n) is 33.5. The van der Waals surface area contributed by atoms with Gasteiger partial charge in [-0.25, -0.2) is 0 Å². The second kappa shape index (κ2) is 16.4. The van der Waals surface area contributed by atoms with E-state index < -0.39 is 0 Å². The van der Waals surface area contributed by atoms with Gasteiger partial charge in [0.1, 0.15) is 5.58 Å². The normalized spacial score (nSPS) is 11.6. The maximum Gasteiger partial charge on any atom is 0.120 e. The maximum atomic E-state index is 6.46. The van der Waals surface area contributed by atoms with E-state index in [2.05, 4.69) is 131 Å². The van der Waals surface area contributed by atoms with Gasteiger partial charge in [0.15, 0.2) is 0 Å². The van der Waals surface area contributed by atoms with Crippen molar-refractivity contribution >= 4 is 33.0 Å². The average Bonchev–Trinajstić information content (AvgIpc) is 3.79. The number of aromatic nitrogens is 4. The summed E-state index contributed by atoms with van der Waals surface area (Å²) >= 11 is 0. The number of hydrogen-bond donors (Lipinski definition) is 0. The third-order valence-electron chi connectivity index (χ3n) is 10.3. The molecule has 1 radical (unpaired) electrons. The Morgan fingerprint density at radius 1 is 0.667 bits per heavy atom. The molecule has 0 aliphatic carbocycles. The van der Waals surface area contributed by atoms with Crippen molar-refractivity contribution in [3.05, 3.63) is 169 Å². The van der Waals surface area contributed by atoms with Crippen LogP contribution < -0.4 is 0 Å². The Kier molecular flexibility index (Phi) is 11.4. The van der Waals surface area contributed by atoms with Crippen LogP contribution in [0.4, 0.5) is 0 Å². The number of nitrogens with zero attached hydrogens (tertiary/aromatic N) is 4. The number of fused-ring (bicyclic) bond motifs is 4. The molecule has 9 rings (SSSR count). The Labute approximate surface area is 349 Å². The molecule has 9 aromatic rings. The number of rotatable bonds is 6. The van der Waals surface area contributed by atoms with Gasteiger partial charge >= 0.3 is 0 Å². The van der Waals surface area contributed by atoms with Crippen LogP contribution in [0.15, 0.2) is 144 Å². The van der Waals surface area contributed by atoms with Gasteiger partial charge in [0.25, 0.3) is 0 Å². The molecular weight excluding hydrogens is 877 g/mol. The second-order valence-electron chi connectivity index (χ2n) is 15.9. The van der Waals surface area contributed by atoms with Crippen LogP contribution in [0.3, 0.4) is 0 Å². The summed E-state index contributed by atoms with van der Waals surface area (Å²) in [6, 6.07) is 50.1.